The van der Waals surface area contributed by atoms with E-state index in [1.54, 1.807) is 18.2 Å². The summed E-state index contributed by atoms with van der Waals surface area (Å²) in [5.74, 6) is -1.08. The number of hydrogen-bond acceptors (Lipinski definition) is 3. The first-order valence-corrected chi connectivity index (χ1v) is 6.94. The van der Waals surface area contributed by atoms with Gasteiger partial charge in [-0.1, -0.05) is 34.4 Å². The van der Waals surface area contributed by atoms with Crippen LogP contribution < -0.4 is 5.73 Å². The molecule has 0 atom stereocenters. The van der Waals surface area contributed by atoms with E-state index in [-0.39, 0.29) is 17.8 Å². The first-order valence-electron chi connectivity index (χ1n) is 6.19. The van der Waals surface area contributed by atoms with Gasteiger partial charge in [-0.2, -0.15) is 0 Å². The molecule has 0 heterocycles. The molecular weight excluding hydrogens is 330 g/mol. The number of carbonyl (C=O) groups excluding carboxylic acids is 1. The molecule has 0 unspecified atom stereocenters. The number of halogens is 3. The lowest BCUT2D eigenvalue weighted by atomic mass is 10.1. The van der Waals surface area contributed by atoms with Crippen molar-refractivity contribution in [3.05, 3.63) is 69.5 Å². The molecule has 0 bridgehead atoms. The largest absolute Gasteiger partial charge is 0.384 e. The van der Waals surface area contributed by atoms with Gasteiger partial charge in [-0.15, -0.1) is 0 Å². The van der Waals surface area contributed by atoms with E-state index < -0.39 is 11.8 Å². The Kier molecular flexibility index (Phi) is 5.35. The Morgan fingerprint density at radius 3 is 2.45 bits per heavy atom. The quantitative estimate of drug-likeness (QED) is 0.398. The van der Waals surface area contributed by atoms with Crippen LogP contribution in [0.2, 0.25) is 10.0 Å². The number of nitrogens with zero attached hydrogens (tertiary/aromatic N) is 1. The van der Waals surface area contributed by atoms with Crippen LogP contribution >= 0.6 is 23.2 Å². The zero-order valence-electron chi connectivity index (χ0n) is 11.2. The number of hydrogen-bond donors (Lipinski definition) is 1. The van der Waals surface area contributed by atoms with Gasteiger partial charge in [-0.25, -0.2) is 9.18 Å². The van der Waals surface area contributed by atoms with Crippen molar-refractivity contribution in [2.45, 2.75) is 6.42 Å². The van der Waals surface area contributed by atoms with Crippen LogP contribution in [0, 0.1) is 5.82 Å². The van der Waals surface area contributed by atoms with E-state index >= 15 is 0 Å². The van der Waals surface area contributed by atoms with Crippen LogP contribution in [0.25, 0.3) is 0 Å². The molecule has 0 amide bonds. The summed E-state index contributed by atoms with van der Waals surface area (Å²) in [5.41, 5.74) is 6.63. The van der Waals surface area contributed by atoms with Gasteiger partial charge in [0.2, 0.25) is 0 Å². The molecule has 0 aromatic heterocycles. The van der Waals surface area contributed by atoms with Crippen LogP contribution in [0.5, 0.6) is 0 Å². The van der Waals surface area contributed by atoms with E-state index in [2.05, 4.69) is 5.16 Å². The van der Waals surface area contributed by atoms with Crippen LogP contribution in [0.1, 0.15) is 15.9 Å². The van der Waals surface area contributed by atoms with Gasteiger partial charge in [0, 0.05) is 6.42 Å². The second kappa shape index (κ2) is 7.24. The summed E-state index contributed by atoms with van der Waals surface area (Å²) in [6, 6.07) is 9.91. The average molecular weight is 341 g/mol. The minimum absolute atomic E-state index is 0.0915. The molecule has 2 aromatic carbocycles. The summed E-state index contributed by atoms with van der Waals surface area (Å²) in [5, 5.41) is 4.38. The van der Waals surface area contributed by atoms with E-state index in [0.29, 0.717) is 10.0 Å². The molecule has 0 spiro atoms. The normalized spacial score (nSPS) is 11.3. The minimum atomic E-state index is -0.725. The van der Waals surface area contributed by atoms with Crippen LogP contribution in [-0.2, 0) is 11.3 Å². The number of amidine groups is 1. The minimum Gasteiger partial charge on any atom is -0.384 e. The summed E-state index contributed by atoms with van der Waals surface area (Å²) in [6.45, 7) is 0. The number of carbonyl (C=O) groups is 1. The van der Waals surface area contributed by atoms with E-state index in [0.717, 1.165) is 17.7 Å². The molecule has 0 aliphatic carbocycles. The smallest absolute Gasteiger partial charge is 0.365 e. The Labute approximate surface area is 136 Å². The molecule has 0 saturated heterocycles. The van der Waals surface area contributed by atoms with Crippen molar-refractivity contribution in [1.29, 1.82) is 0 Å². The molecule has 0 radical (unpaired) electrons. The van der Waals surface area contributed by atoms with Gasteiger partial charge in [0.05, 0.1) is 15.6 Å². The van der Waals surface area contributed by atoms with Gasteiger partial charge in [0.1, 0.15) is 11.7 Å². The zero-order valence-corrected chi connectivity index (χ0v) is 12.7. The third-order valence-electron chi connectivity index (χ3n) is 2.69. The van der Waals surface area contributed by atoms with Crippen molar-refractivity contribution in [1.82, 2.24) is 0 Å². The summed E-state index contributed by atoms with van der Waals surface area (Å²) in [7, 11) is 0. The predicted octanol–water partition coefficient (Wildman–Crippen LogP) is 3.80. The van der Waals surface area contributed by atoms with Crippen molar-refractivity contribution in [2.75, 3.05) is 0 Å². The fourth-order valence-corrected chi connectivity index (χ4v) is 1.95. The maximum Gasteiger partial charge on any atom is 0.365 e. The number of rotatable bonds is 4. The lowest BCUT2D eigenvalue weighted by molar-refractivity contribution is 0.0515. The van der Waals surface area contributed by atoms with Crippen molar-refractivity contribution in [2.24, 2.45) is 10.9 Å². The number of benzene rings is 2. The second-order valence-corrected chi connectivity index (χ2v) is 5.21. The van der Waals surface area contributed by atoms with Gasteiger partial charge in [-0.3, -0.25) is 0 Å². The Hall–Kier alpha value is -2.11. The molecule has 0 aliphatic heterocycles. The van der Waals surface area contributed by atoms with Crippen molar-refractivity contribution in [3.8, 4) is 0 Å². The summed E-state index contributed by atoms with van der Waals surface area (Å²) in [6.07, 6.45) is 0.244. The Morgan fingerprint density at radius 1 is 1.14 bits per heavy atom. The van der Waals surface area contributed by atoms with E-state index in [1.807, 2.05) is 0 Å². The van der Waals surface area contributed by atoms with Gasteiger partial charge >= 0.3 is 5.97 Å². The Bertz CT molecular complexity index is 718. The van der Waals surface area contributed by atoms with E-state index in [9.17, 15) is 9.18 Å². The van der Waals surface area contributed by atoms with Crippen molar-refractivity contribution < 1.29 is 14.0 Å². The highest BCUT2D eigenvalue weighted by atomic mass is 35.5. The molecule has 114 valence electrons. The highest BCUT2D eigenvalue weighted by Gasteiger charge is 2.08. The van der Waals surface area contributed by atoms with Crippen molar-refractivity contribution >= 4 is 35.0 Å². The molecule has 7 heteroatoms. The van der Waals surface area contributed by atoms with Gasteiger partial charge in [0.25, 0.3) is 0 Å². The molecule has 2 aromatic rings. The molecule has 2 N–H and O–H groups in total. The van der Waals surface area contributed by atoms with Crippen LogP contribution in [0.3, 0.4) is 0 Å². The Morgan fingerprint density at radius 2 is 1.82 bits per heavy atom. The summed E-state index contributed by atoms with van der Waals surface area (Å²) >= 11 is 11.7. The summed E-state index contributed by atoms with van der Waals surface area (Å²) < 4.78 is 12.7. The molecule has 22 heavy (non-hydrogen) atoms. The first kappa shape index (κ1) is 16.3. The van der Waals surface area contributed by atoms with Crippen LogP contribution in [0.15, 0.2) is 47.6 Å². The molecule has 0 fully saturated rings. The third-order valence-corrected chi connectivity index (χ3v) is 3.43. The highest BCUT2D eigenvalue weighted by Crippen LogP contribution is 2.22. The van der Waals surface area contributed by atoms with E-state index in [1.165, 1.54) is 12.1 Å². The van der Waals surface area contributed by atoms with Gasteiger partial charge in [0.15, 0.2) is 0 Å². The standard InChI is InChI=1S/C15H11Cl2FN2O2/c16-12-6-1-9(7-13(12)17)8-14(19)20-22-15(21)10-2-4-11(18)5-3-10/h1-7H,8H2,(H2,19,20). The molecule has 0 saturated carbocycles. The number of nitrogens with two attached hydrogens (primary N) is 1. The molecule has 0 aliphatic rings. The molecular formula is C15H11Cl2FN2O2. The SMILES string of the molecule is NC(Cc1ccc(Cl)c(Cl)c1)=NOC(=O)c1ccc(F)cc1. The predicted molar refractivity (Wildman–Crippen MR) is 83.6 cm³/mol. The summed E-state index contributed by atoms with van der Waals surface area (Å²) in [4.78, 5) is 16.4. The second-order valence-electron chi connectivity index (χ2n) is 4.39. The lowest BCUT2D eigenvalue weighted by Crippen LogP contribution is -2.16. The maximum absolute atomic E-state index is 12.7. The third kappa shape index (κ3) is 4.44. The highest BCUT2D eigenvalue weighted by molar-refractivity contribution is 6.42. The first-order chi connectivity index (χ1) is 10.5. The van der Waals surface area contributed by atoms with Crippen molar-refractivity contribution in [3.63, 3.8) is 0 Å². The Balaban J connectivity index is 1.98. The fourth-order valence-electron chi connectivity index (χ4n) is 1.63. The maximum atomic E-state index is 12.7. The topological polar surface area (TPSA) is 64.7 Å². The lowest BCUT2D eigenvalue weighted by Gasteiger charge is -2.03. The monoisotopic (exact) mass is 340 g/mol. The van der Waals surface area contributed by atoms with Gasteiger partial charge in [-0.05, 0) is 42.0 Å². The van der Waals surface area contributed by atoms with Gasteiger partial charge < -0.3 is 10.6 Å². The van der Waals surface area contributed by atoms with E-state index in [4.69, 9.17) is 33.8 Å². The molecule has 4 nitrogen and oxygen atoms in total. The van der Waals surface area contributed by atoms with Crippen LogP contribution in [-0.4, -0.2) is 11.8 Å². The number of oxime groups is 1. The zero-order chi connectivity index (χ0) is 16.1. The average Bonchev–Trinajstić information content (AvgIpc) is 2.49. The van der Waals surface area contributed by atoms with Crippen LogP contribution in [0.4, 0.5) is 4.39 Å². The molecule has 2 rings (SSSR count). The fraction of sp³-hybridized carbons (Fsp3) is 0.0667.